The fourth-order valence-electron chi connectivity index (χ4n) is 3.33. The van der Waals surface area contributed by atoms with Crippen molar-refractivity contribution >= 4 is 5.78 Å². The van der Waals surface area contributed by atoms with E-state index in [1.807, 2.05) is 0 Å². The van der Waals surface area contributed by atoms with E-state index >= 15 is 0 Å². The van der Waals surface area contributed by atoms with Crippen molar-refractivity contribution in [3.63, 3.8) is 0 Å². The van der Waals surface area contributed by atoms with E-state index in [0.29, 0.717) is 11.6 Å². The second kappa shape index (κ2) is 6.31. The smallest absolute Gasteiger partial charge is 0.243 e. The lowest BCUT2D eigenvalue weighted by molar-refractivity contribution is 0.0574. The van der Waals surface area contributed by atoms with Crippen LogP contribution in [0.25, 0.3) is 0 Å². The molecule has 0 aromatic carbocycles. The molecule has 0 unspecified atom stereocenters. The van der Waals surface area contributed by atoms with Gasteiger partial charge in [-0.15, -0.1) is 0 Å². The van der Waals surface area contributed by atoms with Crippen LogP contribution in [0.5, 0.6) is 5.88 Å². The number of Topliss-reactive ketones (excluding diaryl/α,β-unsaturated/α-hetero) is 1. The summed E-state index contributed by atoms with van der Waals surface area (Å²) in [5, 5.41) is 0. The lowest BCUT2D eigenvalue weighted by Gasteiger charge is -2.38. The number of likely N-dealkylation sites (N-methyl/N-ethyl adjacent to an activating group) is 1. The van der Waals surface area contributed by atoms with Crippen molar-refractivity contribution in [1.82, 2.24) is 14.9 Å². The fourth-order valence-corrected chi connectivity index (χ4v) is 3.33. The van der Waals surface area contributed by atoms with Crippen LogP contribution < -0.4 is 4.74 Å². The second-order valence-corrected chi connectivity index (χ2v) is 5.15. The SMILES string of the molecule is CCN(CC)C1(C(=O)c2nccnc2OC)CCCC1. The predicted octanol–water partition coefficient (Wildman–Crippen LogP) is 2.32. The highest BCUT2D eigenvalue weighted by Crippen LogP contribution is 2.38. The molecule has 5 heteroatoms. The van der Waals surface area contributed by atoms with E-state index in [9.17, 15) is 4.79 Å². The van der Waals surface area contributed by atoms with Crippen LogP contribution in [0.1, 0.15) is 50.0 Å². The van der Waals surface area contributed by atoms with Crippen molar-refractivity contribution in [3.05, 3.63) is 18.1 Å². The van der Waals surface area contributed by atoms with E-state index in [4.69, 9.17) is 4.74 Å². The van der Waals surface area contributed by atoms with Crippen molar-refractivity contribution in [2.45, 2.75) is 45.1 Å². The van der Waals surface area contributed by atoms with Crippen LogP contribution in [-0.4, -0.2) is 46.4 Å². The van der Waals surface area contributed by atoms with Crippen LogP contribution in [0.3, 0.4) is 0 Å². The molecule has 0 atom stereocenters. The molecule has 0 N–H and O–H groups in total. The number of aromatic nitrogens is 2. The molecule has 0 bridgehead atoms. The van der Waals surface area contributed by atoms with E-state index in [0.717, 1.165) is 38.8 Å². The third-order valence-corrected chi connectivity index (χ3v) is 4.30. The van der Waals surface area contributed by atoms with Gasteiger partial charge in [-0.25, -0.2) is 9.97 Å². The third-order valence-electron chi connectivity index (χ3n) is 4.30. The first-order valence-electron chi connectivity index (χ1n) is 7.34. The average molecular weight is 277 g/mol. The van der Waals surface area contributed by atoms with Crippen LogP contribution in [-0.2, 0) is 0 Å². The number of ketones is 1. The Morgan fingerprint density at radius 1 is 1.25 bits per heavy atom. The minimum absolute atomic E-state index is 0.0589. The van der Waals surface area contributed by atoms with Crippen LogP contribution in [0, 0.1) is 0 Å². The summed E-state index contributed by atoms with van der Waals surface area (Å²) < 4.78 is 5.21. The molecule has 1 aromatic heterocycles. The molecular formula is C15H23N3O2. The molecule has 110 valence electrons. The summed E-state index contributed by atoms with van der Waals surface area (Å²) in [6.07, 6.45) is 7.07. The van der Waals surface area contributed by atoms with Crippen molar-refractivity contribution < 1.29 is 9.53 Å². The zero-order chi connectivity index (χ0) is 14.6. The molecule has 2 rings (SSSR count). The molecule has 1 aliphatic rings. The molecule has 0 saturated heterocycles. The normalized spacial score (nSPS) is 17.4. The van der Waals surface area contributed by atoms with Gasteiger partial charge in [0.1, 0.15) is 0 Å². The Balaban J connectivity index is 2.41. The minimum atomic E-state index is -0.424. The van der Waals surface area contributed by atoms with Crippen molar-refractivity contribution in [2.24, 2.45) is 0 Å². The van der Waals surface area contributed by atoms with Crippen molar-refractivity contribution in [3.8, 4) is 5.88 Å². The van der Waals surface area contributed by atoms with Gasteiger partial charge in [-0.1, -0.05) is 26.7 Å². The fraction of sp³-hybridized carbons (Fsp3) is 0.667. The Morgan fingerprint density at radius 2 is 1.85 bits per heavy atom. The number of rotatable bonds is 6. The molecule has 0 spiro atoms. The molecule has 1 aliphatic carbocycles. The van der Waals surface area contributed by atoms with E-state index in [-0.39, 0.29) is 5.78 Å². The molecule has 1 saturated carbocycles. The molecule has 0 amide bonds. The maximum Gasteiger partial charge on any atom is 0.243 e. The van der Waals surface area contributed by atoms with E-state index in [2.05, 4.69) is 28.7 Å². The third kappa shape index (κ3) is 2.42. The Morgan fingerprint density at radius 3 is 2.40 bits per heavy atom. The largest absolute Gasteiger partial charge is 0.479 e. The van der Waals surface area contributed by atoms with Crippen molar-refractivity contribution in [2.75, 3.05) is 20.2 Å². The highest BCUT2D eigenvalue weighted by Gasteiger charge is 2.46. The first-order chi connectivity index (χ1) is 9.69. The molecular weight excluding hydrogens is 254 g/mol. The average Bonchev–Trinajstić information content (AvgIpc) is 2.98. The highest BCUT2D eigenvalue weighted by molar-refractivity contribution is 6.03. The zero-order valence-corrected chi connectivity index (χ0v) is 12.6. The summed E-state index contributed by atoms with van der Waals surface area (Å²) in [5.74, 6) is 0.389. The van der Waals surface area contributed by atoms with Gasteiger partial charge in [0.2, 0.25) is 11.7 Å². The maximum absolute atomic E-state index is 13.1. The number of carbonyl (C=O) groups is 1. The van der Waals surface area contributed by atoms with Gasteiger partial charge in [-0.05, 0) is 25.9 Å². The summed E-state index contributed by atoms with van der Waals surface area (Å²) in [7, 11) is 1.53. The Labute approximate surface area is 120 Å². The summed E-state index contributed by atoms with van der Waals surface area (Å²) in [4.78, 5) is 23.7. The van der Waals surface area contributed by atoms with E-state index < -0.39 is 5.54 Å². The quantitative estimate of drug-likeness (QED) is 0.747. The Hall–Kier alpha value is -1.49. The second-order valence-electron chi connectivity index (χ2n) is 5.15. The lowest BCUT2D eigenvalue weighted by Crippen LogP contribution is -2.53. The van der Waals surface area contributed by atoms with Gasteiger partial charge < -0.3 is 4.74 Å². The topological polar surface area (TPSA) is 55.3 Å². The molecule has 0 radical (unpaired) electrons. The first kappa shape index (κ1) is 14.9. The Bertz CT molecular complexity index is 466. The predicted molar refractivity (Wildman–Crippen MR) is 77.0 cm³/mol. The summed E-state index contributed by atoms with van der Waals surface area (Å²) in [5.41, 5.74) is -0.0592. The van der Waals surface area contributed by atoms with Crippen molar-refractivity contribution in [1.29, 1.82) is 0 Å². The van der Waals surface area contributed by atoms with Gasteiger partial charge in [-0.3, -0.25) is 9.69 Å². The molecule has 20 heavy (non-hydrogen) atoms. The highest BCUT2D eigenvalue weighted by atomic mass is 16.5. The van der Waals surface area contributed by atoms with Gasteiger partial charge in [0.05, 0.1) is 12.6 Å². The summed E-state index contributed by atoms with van der Waals surface area (Å²) in [6.45, 7) is 5.94. The van der Waals surface area contributed by atoms with Crippen LogP contribution >= 0.6 is 0 Å². The molecule has 1 heterocycles. The monoisotopic (exact) mass is 277 g/mol. The van der Waals surface area contributed by atoms with Crippen LogP contribution in [0.4, 0.5) is 0 Å². The number of methoxy groups -OCH3 is 1. The van der Waals surface area contributed by atoms with Crippen LogP contribution in [0.15, 0.2) is 12.4 Å². The van der Waals surface area contributed by atoms with Gasteiger partial charge >= 0.3 is 0 Å². The number of hydrogen-bond acceptors (Lipinski definition) is 5. The zero-order valence-electron chi connectivity index (χ0n) is 12.6. The van der Waals surface area contributed by atoms with Crippen LogP contribution in [0.2, 0.25) is 0 Å². The number of nitrogens with zero attached hydrogens (tertiary/aromatic N) is 3. The molecule has 1 fully saturated rings. The minimum Gasteiger partial charge on any atom is -0.479 e. The van der Waals surface area contributed by atoms with Gasteiger partial charge in [-0.2, -0.15) is 0 Å². The number of hydrogen-bond donors (Lipinski definition) is 0. The standard InChI is InChI=1S/C15H23N3O2/c1-4-18(5-2)15(8-6-7-9-15)13(19)12-14(20-3)17-11-10-16-12/h10-11H,4-9H2,1-3H3. The van der Waals surface area contributed by atoms with E-state index in [1.165, 1.54) is 7.11 Å². The Kier molecular flexibility index (Phi) is 4.70. The van der Waals surface area contributed by atoms with Gasteiger partial charge in [0.15, 0.2) is 5.69 Å². The first-order valence-corrected chi connectivity index (χ1v) is 7.34. The maximum atomic E-state index is 13.1. The lowest BCUT2D eigenvalue weighted by atomic mass is 9.87. The molecule has 5 nitrogen and oxygen atoms in total. The number of ether oxygens (including phenoxy) is 1. The molecule has 0 aliphatic heterocycles. The van der Waals surface area contributed by atoms with Gasteiger partial charge in [0, 0.05) is 12.4 Å². The number of carbonyl (C=O) groups excluding carboxylic acids is 1. The van der Waals surface area contributed by atoms with E-state index in [1.54, 1.807) is 12.4 Å². The molecule has 1 aromatic rings. The van der Waals surface area contributed by atoms with Gasteiger partial charge in [0.25, 0.3) is 0 Å². The summed E-state index contributed by atoms with van der Waals surface area (Å²) >= 11 is 0. The summed E-state index contributed by atoms with van der Waals surface area (Å²) in [6, 6.07) is 0.